The Morgan fingerprint density at radius 2 is 2.09 bits per heavy atom. The van der Waals surface area contributed by atoms with Crippen molar-refractivity contribution in [2.75, 3.05) is 46.4 Å². The van der Waals surface area contributed by atoms with Crippen LogP contribution in [0.25, 0.3) is 0 Å². The summed E-state index contributed by atoms with van der Waals surface area (Å²) < 4.78 is 42.1. The van der Waals surface area contributed by atoms with Crippen molar-refractivity contribution in [3.63, 3.8) is 0 Å². The zero-order chi connectivity index (χ0) is 16.4. The number of aliphatic imine (C=N–C) groups is 1. The SMILES string of the molecule is CCNC(=NCC1CCCO1)NCCCN(C)CC(F)(F)F.I. The summed E-state index contributed by atoms with van der Waals surface area (Å²) in [5, 5.41) is 6.26. The highest BCUT2D eigenvalue weighted by Crippen LogP contribution is 2.15. The van der Waals surface area contributed by atoms with E-state index in [1.807, 2.05) is 6.92 Å². The van der Waals surface area contributed by atoms with Gasteiger partial charge in [-0.1, -0.05) is 0 Å². The molecule has 0 aromatic heterocycles. The molecule has 1 fully saturated rings. The molecule has 9 heteroatoms. The number of halogens is 4. The summed E-state index contributed by atoms with van der Waals surface area (Å²) in [7, 11) is 1.48. The molecule has 1 saturated heterocycles. The van der Waals surface area contributed by atoms with Gasteiger partial charge in [0.2, 0.25) is 0 Å². The molecule has 23 heavy (non-hydrogen) atoms. The molecule has 0 saturated carbocycles. The fourth-order valence-electron chi connectivity index (χ4n) is 2.26. The maximum atomic E-state index is 12.2. The Balaban J connectivity index is 0.00000484. The van der Waals surface area contributed by atoms with Gasteiger partial charge in [0.1, 0.15) is 0 Å². The molecule has 0 aromatic carbocycles. The first-order valence-electron chi connectivity index (χ1n) is 7.80. The van der Waals surface area contributed by atoms with Crippen LogP contribution in [-0.2, 0) is 4.74 Å². The van der Waals surface area contributed by atoms with E-state index in [0.29, 0.717) is 32.0 Å². The molecule has 5 nitrogen and oxygen atoms in total. The van der Waals surface area contributed by atoms with E-state index in [9.17, 15) is 13.2 Å². The van der Waals surface area contributed by atoms with Gasteiger partial charge in [0.25, 0.3) is 0 Å². The third-order valence-corrected chi connectivity index (χ3v) is 3.28. The lowest BCUT2D eigenvalue weighted by Gasteiger charge is -2.19. The Morgan fingerprint density at radius 3 is 2.65 bits per heavy atom. The number of nitrogens with one attached hydrogen (secondary N) is 2. The summed E-state index contributed by atoms with van der Waals surface area (Å²) in [5.41, 5.74) is 0. The Hall–Kier alpha value is -0.290. The maximum Gasteiger partial charge on any atom is 0.401 e. The van der Waals surface area contributed by atoms with Crippen molar-refractivity contribution in [3.05, 3.63) is 0 Å². The molecule has 138 valence electrons. The molecule has 1 heterocycles. The molecule has 2 N–H and O–H groups in total. The van der Waals surface area contributed by atoms with Crippen molar-refractivity contribution >= 4 is 29.9 Å². The van der Waals surface area contributed by atoms with Crippen molar-refractivity contribution in [1.82, 2.24) is 15.5 Å². The zero-order valence-corrected chi connectivity index (χ0v) is 16.1. The van der Waals surface area contributed by atoms with E-state index in [-0.39, 0.29) is 30.1 Å². The molecule has 1 aliphatic rings. The molecular formula is C14H28F3IN4O. The minimum Gasteiger partial charge on any atom is -0.376 e. The quantitative estimate of drug-likeness (QED) is 0.257. The van der Waals surface area contributed by atoms with Gasteiger partial charge in [0.15, 0.2) is 5.96 Å². The van der Waals surface area contributed by atoms with Crippen LogP contribution < -0.4 is 10.6 Å². The van der Waals surface area contributed by atoms with E-state index in [4.69, 9.17) is 4.74 Å². The topological polar surface area (TPSA) is 48.9 Å². The Kier molecular flexibility index (Phi) is 12.0. The lowest BCUT2D eigenvalue weighted by atomic mass is 10.2. The first-order valence-corrected chi connectivity index (χ1v) is 7.80. The van der Waals surface area contributed by atoms with Crippen molar-refractivity contribution in [3.8, 4) is 0 Å². The standard InChI is InChI=1S/C14H27F3N4O.HI/c1-3-18-13(20-10-12-6-4-9-22-12)19-7-5-8-21(2)11-14(15,16)17;/h12H,3-11H2,1-2H3,(H2,18,19,20);1H. The predicted molar refractivity (Wildman–Crippen MR) is 96.5 cm³/mol. The maximum absolute atomic E-state index is 12.2. The highest BCUT2D eigenvalue weighted by Gasteiger charge is 2.28. The average Bonchev–Trinajstić information content (AvgIpc) is 2.92. The summed E-state index contributed by atoms with van der Waals surface area (Å²) in [4.78, 5) is 5.72. The van der Waals surface area contributed by atoms with Gasteiger partial charge >= 0.3 is 6.18 Å². The number of alkyl halides is 3. The van der Waals surface area contributed by atoms with Crippen molar-refractivity contribution in [1.29, 1.82) is 0 Å². The predicted octanol–water partition coefficient (Wildman–Crippen LogP) is 2.22. The van der Waals surface area contributed by atoms with Gasteiger partial charge in [-0.25, -0.2) is 0 Å². The van der Waals surface area contributed by atoms with Crippen LogP contribution >= 0.6 is 24.0 Å². The van der Waals surface area contributed by atoms with E-state index < -0.39 is 12.7 Å². The van der Waals surface area contributed by atoms with Gasteiger partial charge in [-0.2, -0.15) is 13.2 Å². The van der Waals surface area contributed by atoms with E-state index in [1.165, 1.54) is 11.9 Å². The molecule has 0 aliphatic carbocycles. The van der Waals surface area contributed by atoms with Crippen LogP contribution in [0.15, 0.2) is 4.99 Å². The number of nitrogens with zero attached hydrogens (tertiary/aromatic N) is 2. The molecule has 1 aliphatic heterocycles. The number of guanidine groups is 1. The largest absolute Gasteiger partial charge is 0.401 e. The zero-order valence-electron chi connectivity index (χ0n) is 13.8. The van der Waals surface area contributed by atoms with Crippen LogP contribution in [0, 0.1) is 0 Å². The van der Waals surface area contributed by atoms with Crippen LogP contribution in [-0.4, -0.2) is 69.5 Å². The molecule has 1 atom stereocenters. The second kappa shape index (κ2) is 12.1. The van der Waals surface area contributed by atoms with Crippen LogP contribution in [0.2, 0.25) is 0 Å². The molecule has 0 aromatic rings. The molecule has 0 bridgehead atoms. The van der Waals surface area contributed by atoms with Gasteiger partial charge in [-0.15, -0.1) is 24.0 Å². The molecule has 0 radical (unpaired) electrons. The van der Waals surface area contributed by atoms with Crippen molar-refractivity contribution in [2.45, 2.75) is 38.5 Å². The van der Waals surface area contributed by atoms with Gasteiger partial charge in [-0.05, 0) is 39.8 Å². The van der Waals surface area contributed by atoms with Crippen LogP contribution in [0.5, 0.6) is 0 Å². The second-order valence-electron chi connectivity index (χ2n) is 5.49. The monoisotopic (exact) mass is 452 g/mol. The number of rotatable bonds is 8. The number of hydrogen-bond donors (Lipinski definition) is 2. The smallest absolute Gasteiger partial charge is 0.376 e. The Morgan fingerprint density at radius 1 is 1.35 bits per heavy atom. The van der Waals surface area contributed by atoms with Gasteiger partial charge in [0, 0.05) is 19.7 Å². The summed E-state index contributed by atoms with van der Waals surface area (Å²) in [6, 6.07) is 0. The van der Waals surface area contributed by atoms with Crippen LogP contribution in [0.4, 0.5) is 13.2 Å². The van der Waals surface area contributed by atoms with Crippen LogP contribution in [0.3, 0.4) is 0 Å². The van der Waals surface area contributed by atoms with Crippen molar-refractivity contribution in [2.24, 2.45) is 4.99 Å². The normalized spacial score (nSPS) is 18.9. The Labute approximate surface area is 153 Å². The summed E-state index contributed by atoms with van der Waals surface area (Å²) in [5.74, 6) is 0.691. The first-order chi connectivity index (χ1) is 10.4. The highest BCUT2D eigenvalue weighted by atomic mass is 127. The third-order valence-electron chi connectivity index (χ3n) is 3.28. The summed E-state index contributed by atoms with van der Waals surface area (Å²) in [6.07, 6.45) is -1.22. The molecular weight excluding hydrogens is 424 g/mol. The van der Waals surface area contributed by atoms with Gasteiger partial charge in [0.05, 0.1) is 19.2 Å². The lowest BCUT2D eigenvalue weighted by Crippen LogP contribution is -2.39. The molecule has 1 unspecified atom stereocenters. The number of ether oxygens (including phenoxy) is 1. The minimum absolute atomic E-state index is 0. The van der Waals surface area contributed by atoms with E-state index in [0.717, 1.165) is 26.0 Å². The molecule has 1 rings (SSSR count). The Bertz CT molecular complexity index is 336. The fraction of sp³-hybridized carbons (Fsp3) is 0.929. The third kappa shape index (κ3) is 11.8. The van der Waals surface area contributed by atoms with Gasteiger partial charge in [-0.3, -0.25) is 9.89 Å². The van der Waals surface area contributed by atoms with Crippen LogP contribution in [0.1, 0.15) is 26.2 Å². The van der Waals surface area contributed by atoms with E-state index in [1.54, 1.807) is 0 Å². The van der Waals surface area contributed by atoms with Crippen molar-refractivity contribution < 1.29 is 17.9 Å². The molecule has 0 spiro atoms. The highest BCUT2D eigenvalue weighted by molar-refractivity contribution is 14.0. The number of hydrogen-bond acceptors (Lipinski definition) is 3. The second-order valence-corrected chi connectivity index (χ2v) is 5.49. The summed E-state index contributed by atoms with van der Waals surface area (Å²) >= 11 is 0. The van der Waals surface area contributed by atoms with Gasteiger partial charge < -0.3 is 15.4 Å². The summed E-state index contributed by atoms with van der Waals surface area (Å²) in [6.45, 7) is 4.22. The first kappa shape index (κ1) is 22.7. The lowest BCUT2D eigenvalue weighted by molar-refractivity contribution is -0.143. The van der Waals surface area contributed by atoms with E-state index >= 15 is 0 Å². The fourth-order valence-corrected chi connectivity index (χ4v) is 2.26. The average molecular weight is 452 g/mol. The van der Waals surface area contributed by atoms with E-state index in [2.05, 4.69) is 15.6 Å². The molecule has 0 amide bonds. The minimum atomic E-state index is -4.14.